The molecule has 0 radical (unpaired) electrons. The third-order valence-corrected chi connectivity index (χ3v) is 2.57. The first kappa shape index (κ1) is 14.2. The molecular formula is C14H18O4. The number of aromatic hydroxyl groups is 1. The van der Waals surface area contributed by atoms with Gasteiger partial charge in [-0.2, -0.15) is 0 Å². The predicted molar refractivity (Wildman–Crippen MR) is 67.9 cm³/mol. The summed E-state index contributed by atoms with van der Waals surface area (Å²) in [6.07, 6.45) is 2.04. The molecule has 1 rings (SSSR count). The first-order chi connectivity index (χ1) is 8.60. The average molecular weight is 250 g/mol. The van der Waals surface area contributed by atoms with Crippen LogP contribution in [0.3, 0.4) is 0 Å². The molecule has 0 saturated heterocycles. The minimum atomic E-state index is -0.484. The molecule has 0 bridgehead atoms. The van der Waals surface area contributed by atoms with Gasteiger partial charge in [0.05, 0.1) is 17.7 Å². The molecule has 0 aromatic heterocycles. The summed E-state index contributed by atoms with van der Waals surface area (Å²) in [7, 11) is 0. The summed E-state index contributed by atoms with van der Waals surface area (Å²) in [5, 5.41) is 9.64. The largest absolute Gasteiger partial charge is 0.507 e. The molecule has 0 aliphatic carbocycles. The molecule has 98 valence electrons. The monoisotopic (exact) mass is 250 g/mol. The van der Waals surface area contributed by atoms with Gasteiger partial charge in [-0.05, 0) is 31.5 Å². The second-order valence-electron chi connectivity index (χ2n) is 3.98. The number of carbonyl (C=O) groups is 2. The molecule has 0 aliphatic heterocycles. The fraction of sp³-hybridized carbons (Fsp3) is 0.429. The van der Waals surface area contributed by atoms with E-state index in [1.807, 2.05) is 6.92 Å². The standard InChI is InChI=1S/C14H18O4/c1-3-5-6-12(15)11-9-10(7-8-13(11)16)14(17)18-4-2/h7-9,16H,3-6H2,1-2H3. The Kier molecular flexibility index (Phi) is 5.36. The van der Waals surface area contributed by atoms with Crippen molar-refractivity contribution in [2.45, 2.75) is 33.1 Å². The lowest BCUT2D eigenvalue weighted by Gasteiger charge is -2.06. The first-order valence-electron chi connectivity index (χ1n) is 6.13. The fourth-order valence-electron chi connectivity index (χ4n) is 1.57. The number of ether oxygens (including phenoxy) is 1. The van der Waals surface area contributed by atoms with Crippen molar-refractivity contribution >= 4 is 11.8 Å². The van der Waals surface area contributed by atoms with E-state index in [1.165, 1.54) is 18.2 Å². The predicted octanol–water partition coefficient (Wildman–Crippen LogP) is 2.94. The van der Waals surface area contributed by atoms with Crippen molar-refractivity contribution in [2.75, 3.05) is 6.61 Å². The number of rotatable bonds is 6. The van der Waals surface area contributed by atoms with Gasteiger partial charge in [0.1, 0.15) is 5.75 Å². The van der Waals surface area contributed by atoms with Crippen LogP contribution in [-0.4, -0.2) is 23.5 Å². The van der Waals surface area contributed by atoms with E-state index in [2.05, 4.69) is 0 Å². The van der Waals surface area contributed by atoms with Crippen LogP contribution in [-0.2, 0) is 4.74 Å². The topological polar surface area (TPSA) is 63.6 Å². The van der Waals surface area contributed by atoms with Crippen molar-refractivity contribution in [1.82, 2.24) is 0 Å². The lowest BCUT2D eigenvalue weighted by atomic mass is 10.0. The van der Waals surface area contributed by atoms with E-state index in [0.717, 1.165) is 12.8 Å². The third kappa shape index (κ3) is 3.58. The van der Waals surface area contributed by atoms with Gasteiger partial charge in [-0.3, -0.25) is 4.79 Å². The Morgan fingerprint density at radius 2 is 2.00 bits per heavy atom. The van der Waals surface area contributed by atoms with Crippen LogP contribution in [0.4, 0.5) is 0 Å². The van der Waals surface area contributed by atoms with Crippen molar-refractivity contribution in [3.8, 4) is 5.75 Å². The summed E-state index contributed by atoms with van der Waals surface area (Å²) in [5.74, 6) is -0.730. The number of unbranched alkanes of at least 4 members (excludes halogenated alkanes) is 1. The van der Waals surface area contributed by atoms with E-state index in [1.54, 1.807) is 6.92 Å². The van der Waals surface area contributed by atoms with Crippen LogP contribution in [0.1, 0.15) is 53.8 Å². The molecule has 0 aliphatic rings. The van der Waals surface area contributed by atoms with Gasteiger partial charge in [-0.15, -0.1) is 0 Å². The van der Waals surface area contributed by atoms with Crippen molar-refractivity contribution in [2.24, 2.45) is 0 Å². The summed E-state index contributed by atoms with van der Waals surface area (Å²) in [6, 6.07) is 4.20. The minimum absolute atomic E-state index is 0.0934. The molecule has 1 aromatic rings. The number of phenolic OH excluding ortho intramolecular Hbond substituents is 1. The number of Topliss-reactive ketones (excluding diaryl/α,β-unsaturated/α-hetero) is 1. The number of esters is 1. The van der Waals surface area contributed by atoms with Crippen LogP contribution in [0.25, 0.3) is 0 Å². The van der Waals surface area contributed by atoms with Gasteiger partial charge in [0.25, 0.3) is 0 Å². The lowest BCUT2D eigenvalue weighted by Crippen LogP contribution is -2.07. The van der Waals surface area contributed by atoms with E-state index in [0.29, 0.717) is 6.42 Å². The van der Waals surface area contributed by atoms with Gasteiger partial charge < -0.3 is 9.84 Å². The van der Waals surface area contributed by atoms with Crippen molar-refractivity contribution in [3.63, 3.8) is 0 Å². The van der Waals surface area contributed by atoms with E-state index in [4.69, 9.17) is 4.74 Å². The Bertz CT molecular complexity index is 437. The highest BCUT2D eigenvalue weighted by molar-refractivity contribution is 6.01. The van der Waals surface area contributed by atoms with Gasteiger partial charge in [-0.1, -0.05) is 13.3 Å². The van der Waals surface area contributed by atoms with Gasteiger partial charge in [-0.25, -0.2) is 4.79 Å². The number of benzene rings is 1. The molecule has 0 heterocycles. The average Bonchev–Trinajstić information content (AvgIpc) is 2.36. The van der Waals surface area contributed by atoms with Crippen LogP contribution < -0.4 is 0 Å². The zero-order valence-corrected chi connectivity index (χ0v) is 10.7. The molecule has 0 spiro atoms. The Morgan fingerprint density at radius 1 is 1.28 bits per heavy atom. The summed E-state index contributed by atoms with van der Waals surface area (Å²) >= 11 is 0. The lowest BCUT2D eigenvalue weighted by molar-refractivity contribution is 0.0526. The van der Waals surface area contributed by atoms with E-state index < -0.39 is 5.97 Å². The second kappa shape index (κ2) is 6.79. The molecule has 0 atom stereocenters. The SMILES string of the molecule is CCCCC(=O)c1cc(C(=O)OCC)ccc1O. The third-order valence-electron chi connectivity index (χ3n) is 2.57. The molecule has 4 heteroatoms. The van der Waals surface area contributed by atoms with E-state index in [-0.39, 0.29) is 29.3 Å². The highest BCUT2D eigenvalue weighted by atomic mass is 16.5. The van der Waals surface area contributed by atoms with Crippen LogP contribution in [0.2, 0.25) is 0 Å². The Hall–Kier alpha value is -1.84. The summed E-state index contributed by atoms with van der Waals surface area (Å²) < 4.78 is 4.85. The molecule has 18 heavy (non-hydrogen) atoms. The molecule has 0 saturated carbocycles. The minimum Gasteiger partial charge on any atom is -0.507 e. The molecule has 4 nitrogen and oxygen atoms in total. The van der Waals surface area contributed by atoms with Crippen molar-refractivity contribution in [3.05, 3.63) is 29.3 Å². The highest BCUT2D eigenvalue weighted by Crippen LogP contribution is 2.21. The quantitative estimate of drug-likeness (QED) is 0.622. The normalized spacial score (nSPS) is 10.1. The number of phenols is 1. The summed E-state index contributed by atoms with van der Waals surface area (Å²) in [6.45, 7) is 3.98. The summed E-state index contributed by atoms with van der Waals surface area (Å²) in [5.41, 5.74) is 0.475. The smallest absolute Gasteiger partial charge is 0.338 e. The molecule has 1 aromatic carbocycles. The Labute approximate surface area is 107 Å². The molecule has 0 amide bonds. The number of hydrogen-bond donors (Lipinski definition) is 1. The maximum absolute atomic E-state index is 11.8. The van der Waals surface area contributed by atoms with E-state index in [9.17, 15) is 14.7 Å². The van der Waals surface area contributed by atoms with Gasteiger partial charge in [0.15, 0.2) is 5.78 Å². The molecule has 0 unspecified atom stereocenters. The number of carbonyl (C=O) groups excluding carboxylic acids is 2. The molecule has 0 fully saturated rings. The molecular weight excluding hydrogens is 232 g/mol. The van der Waals surface area contributed by atoms with Crippen LogP contribution in [0, 0.1) is 0 Å². The van der Waals surface area contributed by atoms with Crippen LogP contribution >= 0.6 is 0 Å². The Morgan fingerprint density at radius 3 is 2.61 bits per heavy atom. The molecule has 1 N–H and O–H groups in total. The second-order valence-corrected chi connectivity index (χ2v) is 3.98. The number of hydrogen-bond acceptors (Lipinski definition) is 4. The van der Waals surface area contributed by atoms with E-state index >= 15 is 0 Å². The zero-order valence-electron chi connectivity index (χ0n) is 10.7. The van der Waals surface area contributed by atoms with Crippen LogP contribution in [0.5, 0.6) is 5.75 Å². The van der Waals surface area contributed by atoms with Crippen molar-refractivity contribution < 1.29 is 19.4 Å². The first-order valence-corrected chi connectivity index (χ1v) is 6.13. The van der Waals surface area contributed by atoms with Crippen molar-refractivity contribution in [1.29, 1.82) is 0 Å². The zero-order chi connectivity index (χ0) is 13.5. The maximum atomic E-state index is 11.8. The fourth-order valence-corrected chi connectivity index (χ4v) is 1.57. The summed E-state index contributed by atoms with van der Waals surface area (Å²) in [4.78, 5) is 23.4. The Balaban J connectivity index is 2.94. The maximum Gasteiger partial charge on any atom is 0.338 e. The highest BCUT2D eigenvalue weighted by Gasteiger charge is 2.15. The van der Waals surface area contributed by atoms with Gasteiger partial charge in [0, 0.05) is 6.42 Å². The number of ketones is 1. The van der Waals surface area contributed by atoms with Gasteiger partial charge in [0.2, 0.25) is 0 Å². The van der Waals surface area contributed by atoms with Crippen LogP contribution in [0.15, 0.2) is 18.2 Å². The van der Waals surface area contributed by atoms with Gasteiger partial charge >= 0.3 is 5.97 Å².